The lowest BCUT2D eigenvalue weighted by Crippen LogP contribution is -2.37. The van der Waals surface area contributed by atoms with E-state index < -0.39 is 11.6 Å². The monoisotopic (exact) mass is 307 g/mol. The Morgan fingerprint density at radius 2 is 1.77 bits per heavy atom. The number of rotatable bonds is 8. The van der Waals surface area contributed by atoms with Gasteiger partial charge in [0.1, 0.15) is 5.75 Å². The first-order valence-corrected chi connectivity index (χ1v) is 7.58. The minimum atomic E-state index is -1.29. The maximum atomic E-state index is 11.8. The molecule has 0 fully saturated rings. The van der Waals surface area contributed by atoms with Crippen LogP contribution in [0.25, 0.3) is 0 Å². The zero-order chi connectivity index (χ0) is 16.8. The Labute approximate surface area is 131 Å². The summed E-state index contributed by atoms with van der Waals surface area (Å²) >= 11 is 0. The number of hydrogen-bond acceptors (Lipinski definition) is 3. The van der Waals surface area contributed by atoms with Gasteiger partial charge in [0, 0.05) is 19.2 Å². The molecule has 122 valence electrons. The van der Waals surface area contributed by atoms with E-state index in [2.05, 4.69) is 6.92 Å². The molecule has 1 amide bonds. The summed E-state index contributed by atoms with van der Waals surface area (Å²) in [5.41, 5.74) is -0.493. The van der Waals surface area contributed by atoms with Crippen LogP contribution in [0.1, 0.15) is 47.0 Å². The van der Waals surface area contributed by atoms with Gasteiger partial charge in [-0.1, -0.05) is 19.8 Å². The third kappa shape index (κ3) is 5.06. The summed E-state index contributed by atoms with van der Waals surface area (Å²) in [6.45, 7) is 7.34. The number of unbranched alkanes of at least 4 members (excludes halogenated alkanes) is 2. The lowest BCUT2D eigenvalue weighted by atomic mass is 10.1. The van der Waals surface area contributed by atoms with Crippen molar-refractivity contribution in [3.63, 3.8) is 0 Å². The van der Waals surface area contributed by atoms with Crippen molar-refractivity contribution in [1.29, 1.82) is 0 Å². The minimum absolute atomic E-state index is 0.00404. The molecule has 0 aliphatic rings. The fourth-order valence-corrected chi connectivity index (χ4v) is 2.02. The Kier molecular flexibility index (Phi) is 6.40. The molecule has 0 spiro atoms. The van der Waals surface area contributed by atoms with Gasteiger partial charge in [-0.05, 0) is 44.5 Å². The number of hydrogen-bond donors (Lipinski definition) is 1. The third-order valence-electron chi connectivity index (χ3n) is 3.40. The normalized spacial score (nSPS) is 11.1. The topological polar surface area (TPSA) is 66.8 Å². The summed E-state index contributed by atoms with van der Waals surface area (Å²) < 4.78 is 5.45. The number of carboxylic acid groups (broad SMARTS) is 1. The van der Waals surface area contributed by atoms with E-state index in [1.165, 1.54) is 13.8 Å². The van der Waals surface area contributed by atoms with E-state index >= 15 is 0 Å². The van der Waals surface area contributed by atoms with Crippen LogP contribution in [0.2, 0.25) is 0 Å². The Morgan fingerprint density at radius 1 is 1.18 bits per heavy atom. The highest BCUT2D eigenvalue weighted by Crippen LogP contribution is 2.23. The van der Waals surface area contributed by atoms with Crippen LogP contribution in [0, 0.1) is 0 Å². The molecule has 1 N–H and O–H groups in total. The second-order valence-corrected chi connectivity index (χ2v) is 5.79. The molecule has 0 atom stereocenters. The molecule has 1 aromatic rings. The molecule has 0 unspecified atom stereocenters. The van der Waals surface area contributed by atoms with Gasteiger partial charge in [0.25, 0.3) is 0 Å². The molecule has 0 saturated heterocycles. The molecule has 0 aliphatic heterocycles. The Bertz CT molecular complexity index is 508. The highest BCUT2D eigenvalue weighted by atomic mass is 16.5. The summed E-state index contributed by atoms with van der Waals surface area (Å²) in [5.74, 6) is -0.564. The molecule has 1 rings (SSSR count). The number of anilines is 1. The number of carboxylic acids is 1. The van der Waals surface area contributed by atoms with E-state index in [0.717, 1.165) is 24.9 Å². The fraction of sp³-hybridized carbons (Fsp3) is 0.529. The number of carbonyl (C=O) groups excluding carboxylic acids is 1. The van der Waals surface area contributed by atoms with Crippen molar-refractivity contribution in [2.75, 3.05) is 11.4 Å². The van der Waals surface area contributed by atoms with E-state index in [1.807, 2.05) is 0 Å². The third-order valence-corrected chi connectivity index (χ3v) is 3.40. The molecule has 5 heteroatoms. The predicted molar refractivity (Wildman–Crippen MR) is 86.3 cm³/mol. The van der Waals surface area contributed by atoms with Gasteiger partial charge in [-0.2, -0.15) is 0 Å². The summed E-state index contributed by atoms with van der Waals surface area (Å²) in [6.07, 6.45) is 3.14. The molecule has 0 radical (unpaired) electrons. The van der Waals surface area contributed by atoms with Crippen LogP contribution in [0.15, 0.2) is 24.3 Å². The number of ether oxygens (including phenoxy) is 1. The first-order valence-electron chi connectivity index (χ1n) is 7.58. The van der Waals surface area contributed by atoms with Crippen LogP contribution >= 0.6 is 0 Å². The standard InChI is InChI=1S/C17H25NO4/c1-5-6-7-12-18(13(2)19)14-8-10-15(11-9-14)22-17(3,4)16(20)21/h8-11H,5-7,12H2,1-4H3,(H,20,21). The van der Waals surface area contributed by atoms with E-state index in [9.17, 15) is 9.59 Å². The van der Waals surface area contributed by atoms with Crippen molar-refractivity contribution < 1.29 is 19.4 Å². The quantitative estimate of drug-likeness (QED) is 0.747. The second kappa shape index (κ2) is 7.82. The summed E-state index contributed by atoms with van der Waals surface area (Å²) in [6, 6.07) is 6.94. The van der Waals surface area contributed by atoms with Gasteiger partial charge in [-0.25, -0.2) is 4.79 Å². The largest absolute Gasteiger partial charge is 0.478 e. The number of carbonyl (C=O) groups is 2. The molecule has 0 bridgehead atoms. The summed E-state index contributed by atoms with van der Waals surface area (Å²) in [5, 5.41) is 9.06. The van der Waals surface area contributed by atoms with Crippen molar-refractivity contribution in [3.05, 3.63) is 24.3 Å². The van der Waals surface area contributed by atoms with Gasteiger partial charge >= 0.3 is 5.97 Å². The van der Waals surface area contributed by atoms with Crippen molar-refractivity contribution in [3.8, 4) is 5.75 Å². The lowest BCUT2D eigenvalue weighted by molar-refractivity contribution is -0.152. The van der Waals surface area contributed by atoms with Crippen LogP contribution in [0.5, 0.6) is 5.75 Å². The first-order chi connectivity index (χ1) is 10.3. The zero-order valence-corrected chi connectivity index (χ0v) is 13.8. The highest BCUT2D eigenvalue weighted by Gasteiger charge is 2.29. The Morgan fingerprint density at radius 3 is 2.23 bits per heavy atom. The number of amides is 1. The molecule has 22 heavy (non-hydrogen) atoms. The van der Waals surface area contributed by atoms with Gasteiger partial charge in [0.2, 0.25) is 5.91 Å². The maximum Gasteiger partial charge on any atom is 0.347 e. The smallest absolute Gasteiger partial charge is 0.347 e. The first kappa shape index (κ1) is 18.0. The van der Waals surface area contributed by atoms with Crippen LogP contribution in [-0.4, -0.2) is 29.1 Å². The van der Waals surface area contributed by atoms with Gasteiger partial charge in [-0.3, -0.25) is 4.79 Å². The zero-order valence-electron chi connectivity index (χ0n) is 13.8. The molecular weight excluding hydrogens is 282 g/mol. The second-order valence-electron chi connectivity index (χ2n) is 5.79. The fourth-order valence-electron chi connectivity index (χ4n) is 2.02. The molecule has 0 saturated carbocycles. The summed E-state index contributed by atoms with van der Waals surface area (Å²) in [4.78, 5) is 24.5. The average molecular weight is 307 g/mol. The minimum Gasteiger partial charge on any atom is -0.478 e. The summed E-state index contributed by atoms with van der Waals surface area (Å²) in [7, 11) is 0. The van der Waals surface area contributed by atoms with E-state index in [0.29, 0.717) is 12.3 Å². The molecule has 1 aromatic carbocycles. The predicted octanol–water partition coefficient (Wildman–Crippen LogP) is 3.47. The number of benzene rings is 1. The van der Waals surface area contributed by atoms with Crippen molar-refractivity contribution in [1.82, 2.24) is 0 Å². The van der Waals surface area contributed by atoms with E-state index in [4.69, 9.17) is 9.84 Å². The number of aliphatic carboxylic acids is 1. The van der Waals surface area contributed by atoms with Crippen molar-refractivity contribution >= 4 is 17.6 Å². The average Bonchev–Trinajstić information content (AvgIpc) is 2.44. The molecular formula is C17H25NO4. The van der Waals surface area contributed by atoms with Crippen LogP contribution in [0.4, 0.5) is 5.69 Å². The molecule has 5 nitrogen and oxygen atoms in total. The van der Waals surface area contributed by atoms with Gasteiger partial charge in [-0.15, -0.1) is 0 Å². The Balaban J connectivity index is 2.81. The molecule has 0 aromatic heterocycles. The van der Waals surface area contributed by atoms with E-state index in [-0.39, 0.29) is 5.91 Å². The van der Waals surface area contributed by atoms with Gasteiger partial charge in [0.15, 0.2) is 5.60 Å². The van der Waals surface area contributed by atoms with E-state index in [1.54, 1.807) is 36.1 Å². The molecule has 0 heterocycles. The number of nitrogens with zero attached hydrogens (tertiary/aromatic N) is 1. The lowest BCUT2D eigenvalue weighted by Gasteiger charge is -2.24. The van der Waals surface area contributed by atoms with Gasteiger partial charge < -0.3 is 14.7 Å². The highest BCUT2D eigenvalue weighted by molar-refractivity contribution is 5.91. The van der Waals surface area contributed by atoms with Crippen LogP contribution in [0.3, 0.4) is 0 Å². The maximum absolute atomic E-state index is 11.8. The molecule has 0 aliphatic carbocycles. The van der Waals surface area contributed by atoms with Crippen molar-refractivity contribution in [2.24, 2.45) is 0 Å². The van der Waals surface area contributed by atoms with Crippen LogP contribution in [-0.2, 0) is 9.59 Å². The van der Waals surface area contributed by atoms with Crippen molar-refractivity contribution in [2.45, 2.75) is 52.6 Å². The van der Waals surface area contributed by atoms with Crippen LogP contribution < -0.4 is 9.64 Å². The Hall–Kier alpha value is -2.04. The van der Waals surface area contributed by atoms with Gasteiger partial charge in [0.05, 0.1) is 0 Å². The SMILES string of the molecule is CCCCCN(C(C)=O)c1ccc(OC(C)(C)C(=O)O)cc1.